The van der Waals surface area contributed by atoms with Crippen LogP contribution in [-0.2, 0) is 9.59 Å². The zero-order valence-corrected chi connectivity index (χ0v) is 13.9. The Morgan fingerprint density at radius 2 is 1.68 bits per heavy atom. The fourth-order valence-corrected chi connectivity index (χ4v) is 3.43. The molecule has 2 atom stereocenters. The van der Waals surface area contributed by atoms with Crippen molar-refractivity contribution in [3.05, 3.63) is 29.8 Å². The van der Waals surface area contributed by atoms with E-state index in [2.05, 4.69) is 11.0 Å². The maximum Gasteiger partial charge on any atom is 0.414 e. The standard InChI is InChI=1S/C16H20N2O.C2H2O4/c17-10-13-4-6-16(7-5-13)19-9-8-18-11-14-2-1-3-15(14)12-18;3-1(4)2(5)6/h4-7,14-15H,1-3,8-9,11-12H2;(H,3,4)(H,5,6). The lowest BCUT2D eigenvalue weighted by molar-refractivity contribution is -0.159. The number of nitriles is 1. The molecule has 1 saturated carbocycles. The first-order valence-electron chi connectivity index (χ1n) is 8.31. The van der Waals surface area contributed by atoms with E-state index in [1.807, 2.05) is 12.1 Å². The molecule has 134 valence electrons. The summed E-state index contributed by atoms with van der Waals surface area (Å²) in [5.41, 5.74) is 0.680. The highest BCUT2D eigenvalue weighted by molar-refractivity contribution is 6.27. The molecule has 7 nitrogen and oxygen atoms in total. The van der Waals surface area contributed by atoms with E-state index in [4.69, 9.17) is 29.8 Å². The number of hydrogen-bond acceptors (Lipinski definition) is 5. The van der Waals surface area contributed by atoms with E-state index >= 15 is 0 Å². The molecule has 1 saturated heterocycles. The molecule has 2 unspecified atom stereocenters. The Bertz CT molecular complexity index is 614. The van der Waals surface area contributed by atoms with Crippen LogP contribution in [0.5, 0.6) is 5.75 Å². The quantitative estimate of drug-likeness (QED) is 0.800. The highest BCUT2D eigenvalue weighted by Crippen LogP contribution is 2.37. The van der Waals surface area contributed by atoms with Crippen LogP contribution >= 0.6 is 0 Å². The average Bonchev–Trinajstić information content (AvgIpc) is 3.17. The van der Waals surface area contributed by atoms with Crippen molar-refractivity contribution in [2.24, 2.45) is 11.8 Å². The fourth-order valence-electron chi connectivity index (χ4n) is 3.43. The summed E-state index contributed by atoms with van der Waals surface area (Å²) in [4.78, 5) is 20.7. The van der Waals surface area contributed by atoms with Gasteiger partial charge in [0.15, 0.2) is 0 Å². The third-order valence-corrected chi connectivity index (χ3v) is 4.64. The van der Waals surface area contributed by atoms with E-state index in [1.54, 1.807) is 12.1 Å². The lowest BCUT2D eigenvalue weighted by Crippen LogP contribution is -2.27. The first-order valence-corrected chi connectivity index (χ1v) is 8.31. The van der Waals surface area contributed by atoms with Gasteiger partial charge in [0.2, 0.25) is 0 Å². The number of ether oxygens (including phenoxy) is 1. The summed E-state index contributed by atoms with van der Waals surface area (Å²) >= 11 is 0. The largest absolute Gasteiger partial charge is 0.492 e. The van der Waals surface area contributed by atoms with Gasteiger partial charge in [-0.2, -0.15) is 5.26 Å². The van der Waals surface area contributed by atoms with Crippen LogP contribution in [0, 0.1) is 23.2 Å². The Labute approximate surface area is 146 Å². The summed E-state index contributed by atoms with van der Waals surface area (Å²) < 4.78 is 5.74. The number of fused-ring (bicyclic) bond motifs is 1. The Hall–Kier alpha value is -2.59. The molecule has 0 radical (unpaired) electrons. The first kappa shape index (κ1) is 18.7. The Morgan fingerprint density at radius 3 is 2.16 bits per heavy atom. The van der Waals surface area contributed by atoms with Crippen LogP contribution in [0.15, 0.2) is 24.3 Å². The molecule has 0 spiro atoms. The number of rotatable bonds is 4. The summed E-state index contributed by atoms with van der Waals surface area (Å²) in [5, 5.41) is 23.5. The van der Waals surface area contributed by atoms with Crippen LogP contribution in [0.3, 0.4) is 0 Å². The molecule has 25 heavy (non-hydrogen) atoms. The number of benzene rings is 1. The normalized spacial score (nSPS) is 21.6. The maximum absolute atomic E-state index is 9.10. The van der Waals surface area contributed by atoms with Crippen LogP contribution in [0.25, 0.3) is 0 Å². The SMILES string of the molecule is N#Cc1ccc(OCCN2CC3CCCC3C2)cc1.O=C(O)C(=O)O. The Balaban J connectivity index is 0.000000326. The van der Waals surface area contributed by atoms with Gasteiger partial charge in [-0.15, -0.1) is 0 Å². The zero-order chi connectivity index (χ0) is 18.2. The van der Waals surface area contributed by atoms with Gasteiger partial charge in [0.05, 0.1) is 11.6 Å². The molecule has 1 heterocycles. The predicted octanol–water partition coefficient (Wildman–Crippen LogP) is 1.82. The van der Waals surface area contributed by atoms with Gasteiger partial charge in [-0.1, -0.05) is 6.42 Å². The lowest BCUT2D eigenvalue weighted by atomic mass is 10.0. The Kier molecular flexibility index (Phi) is 6.78. The third kappa shape index (κ3) is 5.76. The van der Waals surface area contributed by atoms with Gasteiger partial charge < -0.3 is 14.9 Å². The van der Waals surface area contributed by atoms with Gasteiger partial charge in [0.1, 0.15) is 12.4 Å². The number of nitrogens with zero attached hydrogens (tertiary/aromatic N) is 2. The van der Waals surface area contributed by atoms with Gasteiger partial charge in [-0.05, 0) is 48.9 Å². The highest BCUT2D eigenvalue weighted by atomic mass is 16.5. The second-order valence-corrected chi connectivity index (χ2v) is 6.31. The summed E-state index contributed by atoms with van der Waals surface area (Å²) in [6.45, 7) is 4.29. The molecule has 2 N–H and O–H groups in total. The van der Waals surface area contributed by atoms with Gasteiger partial charge in [-0.3, -0.25) is 4.90 Å². The zero-order valence-electron chi connectivity index (χ0n) is 13.9. The molecule has 2 fully saturated rings. The molecule has 3 rings (SSSR count). The van der Waals surface area contributed by atoms with E-state index in [1.165, 1.54) is 32.4 Å². The van der Waals surface area contributed by atoms with E-state index in [0.29, 0.717) is 5.56 Å². The molecule has 7 heteroatoms. The van der Waals surface area contributed by atoms with Crippen molar-refractivity contribution in [1.29, 1.82) is 5.26 Å². The summed E-state index contributed by atoms with van der Waals surface area (Å²) in [5.74, 6) is -0.881. The van der Waals surface area contributed by atoms with Crippen LogP contribution < -0.4 is 4.74 Å². The Morgan fingerprint density at radius 1 is 1.12 bits per heavy atom. The number of carboxylic acid groups (broad SMARTS) is 2. The first-order chi connectivity index (χ1) is 12.0. The second kappa shape index (κ2) is 9.04. The maximum atomic E-state index is 9.10. The predicted molar refractivity (Wildman–Crippen MR) is 89.2 cm³/mol. The van der Waals surface area contributed by atoms with Crippen LogP contribution in [-0.4, -0.2) is 53.3 Å². The van der Waals surface area contributed by atoms with Crippen LogP contribution in [0.2, 0.25) is 0 Å². The number of hydrogen-bond donors (Lipinski definition) is 2. The minimum absolute atomic E-state index is 0.680. The minimum Gasteiger partial charge on any atom is -0.492 e. The molecule has 2 aliphatic rings. The minimum atomic E-state index is -1.82. The number of likely N-dealkylation sites (tertiary alicyclic amines) is 1. The number of aliphatic carboxylic acids is 2. The molecule has 1 aliphatic carbocycles. The molecular weight excluding hydrogens is 324 g/mol. The van der Waals surface area contributed by atoms with E-state index in [9.17, 15) is 0 Å². The van der Waals surface area contributed by atoms with Crippen molar-refractivity contribution >= 4 is 11.9 Å². The second-order valence-electron chi connectivity index (χ2n) is 6.31. The lowest BCUT2D eigenvalue weighted by Gasteiger charge is -2.16. The van der Waals surface area contributed by atoms with Gasteiger partial charge in [0, 0.05) is 19.6 Å². The van der Waals surface area contributed by atoms with Crippen molar-refractivity contribution in [3.63, 3.8) is 0 Å². The van der Waals surface area contributed by atoms with Crippen molar-refractivity contribution < 1.29 is 24.5 Å². The number of carbonyl (C=O) groups is 2. The number of carboxylic acids is 2. The molecule has 1 aromatic carbocycles. The molecule has 0 amide bonds. The fraction of sp³-hybridized carbons (Fsp3) is 0.500. The molecule has 1 aliphatic heterocycles. The van der Waals surface area contributed by atoms with Crippen LogP contribution in [0.4, 0.5) is 0 Å². The summed E-state index contributed by atoms with van der Waals surface area (Å²) in [7, 11) is 0. The molecule has 0 bridgehead atoms. The summed E-state index contributed by atoms with van der Waals surface area (Å²) in [6, 6.07) is 9.46. The molecular formula is C18H22N2O5. The van der Waals surface area contributed by atoms with E-state index in [0.717, 1.165) is 30.7 Å². The van der Waals surface area contributed by atoms with Crippen molar-refractivity contribution in [1.82, 2.24) is 4.90 Å². The molecule has 1 aromatic rings. The monoisotopic (exact) mass is 346 g/mol. The van der Waals surface area contributed by atoms with Crippen molar-refractivity contribution in [2.75, 3.05) is 26.2 Å². The average molecular weight is 346 g/mol. The topological polar surface area (TPSA) is 111 Å². The third-order valence-electron chi connectivity index (χ3n) is 4.64. The van der Waals surface area contributed by atoms with E-state index < -0.39 is 11.9 Å². The van der Waals surface area contributed by atoms with Crippen molar-refractivity contribution in [2.45, 2.75) is 19.3 Å². The molecule has 0 aromatic heterocycles. The summed E-state index contributed by atoms with van der Waals surface area (Å²) in [6.07, 6.45) is 4.29. The van der Waals surface area contributed by atoms with Crippen molar-refractivity contribution in [3.8, 4) is 11.8 Å². The van der Waals surface area contributed by atoms with Gasteiger partial charge in [-0.25, -0.2) is 9.59 Å². The van der Waals surface area contributed by atoms with E-state index in [-0.39, 0.29) is 0 Å². The highest BCUT2D eigenvalue weighted by Gasteiger charge is 2.35. The van der Waals surface area contributed by atoms with Gasteiger partial charge >= 0.3 is 11.9 Å². The van der Waals surface area contributed by atoms with Gasteiger partial charge in [0.25, 0.3) is 0 Å². The smallest absolute Gasteiger partial charge is 0.414 e. The van der Waals surface area contributed by atoms with Crippen LogP contribution in [0.1, 0.15) is 24.8 Å².